The standard InChI is InChI=1S/C14H12O/c1-9-6-7-13(15)14-11-5-3-2-4-10(11)8-12(9)14/h2-7,15H,8H2,1H3. The first-order valence-electron chi connectivity index (χ1n) is 5.17. The van der Waals surface area contributed by atoms with Crippen molar-refractivity contribution in [3.05, 3.63) is 53.1 Å². The average Bonchev–Trinajstić information content (AvgIpc) is 2.64. The van der Waals surface area contributed by atoms with Crippen molar-refractivity contribution in [3.63, 3.8) is 0 Å². The van der Waals surface area contributed by atoms with E-state index in [-0.39, 0.29) is 0 Å². The van der Waals surface area contributed by atoms with Gasteiger partial charge in [0.15, 0.2) is 0 Å². The van der Waals surface area contributed by atoms with Crippen LogP contribution in [0.5, 0.6) is 5.75 Å². The van der Waals surface area contributed by atoms with Gasteiger partial charge in [-0.1, -0.05) is 30.3 Å². The van der Waals surface area contributed by atoms with Crippen LogP contribution in [0.4, 0.5) is 0 Å². The van der Waals surface area contributed by atoms with E-state index in [1.807, 2.05) is 12.1 Å². The number of phenols is 1. The lowest BCUT2D eigenvalue weighted by molar-refractivity contribution is 0.477. The normalized spacial score (nSPS) is 12.3. The molecule has 15 heavy (non-hydrogen) atoms. The van der Waals surface area contributed by atoms with E-state index in [1.54, 1.807) is 6.07 Å². The molecule has 0 fully saturated rings. The Morgan fingerprint density at radius 1 is 1.07 bits per heavy atom. The van der Waals surface area contributed by atoms with Gasteiger partial charge in [-0.15, -0.1) is 0 Å². The Bertz CT molecular complexity index is 541. The van der Waals surface area contributed by atoms with Crippen molar-refractivity contribution < 1.29 is 5.11 Å². The van der Waals surface area contributed by atoms with Crippen LogP contribution in [0.25, 0.3) is 11.1 Å². The number of benzene rings is 2. The predicted molar refractivity (Wildman–Crippen MR) is 61.1 cm³/mol. The summed E-state index contributed by atoms with van der Waals surface area (Å²) < 4.78 is 0. The van der Waals surface area contributed by atoms with Gasteiger partial charge in [0, 0.05) is 5.56 Å². The predicted octanol–water partition coefficient (Wildman–Crippen LogP) is 3.27. The van der Waals surface area contributed by atoms with Crippen LogP contribution in [0, 0.1) is 6.92 Å². The Morgan fingerprint density at radius 3 is 2.73 bits per heavy atom. The molecule has 0 spiro atoms. The second-order valence-corrected chi connectivity index (χ2v) is 4.09. The molecule has 0 saturated heterocycles. The molecule has 0 bridgehead atoms. The summed E-state index contributed by atoms with van der Waals surface area (Å²) in [4.78, 5) is 0. The molecule has 0 radical (unpaired) electrons. The van der Waals surface area contributed by atoms with Crippen LogP contribution < -0.4 is 0 Å². The smallest absolute Gasteiger partial charge is 0.123 e. The molecule has 0 amide bonds. The summed E-state index contributed by atoms with van der Waals surface area (Å²) in [7, 11) is 0. The number of aryl methyl sites for hydroxylation is 1. The number of hydrogen-bond acceptors (Lipinski definition) is 1. The largest absolute Gasteiger partial charge is 0.507 e. The van der Waals surface area contributed by atoms with E-state index in [0.717, 1.165) is 12.0 Å². The summed E-state index contributed by atoms with van der Waals surface area (Å²) >= 11 is 0. The van der Waals surface area contributed by atoms with Crippen LogP contribution in [-0.4, -0.2) is 5.11 Å². The summed E-state index contributed by atoms with van der Waals surface area (Å²) in [5.41, 5.74) is 6.08. The molecule has 0 unspecified atom stereocenters. The summed E-state index contributed by atoms with van der Waals surface area (Å²) in [5, 5.41) is 9.90. The summed E-state index contributed by atoms with van der Waals surface area (Å²) in [6.07, 6.45) is 0.950. The van der Waals surface area contributed by atoms with Gasteiger partial charge in [-0.25, -0.2) is 0 Å². The third-order valence-electron chi connectivity index (χ3n) is 3.18. The van der Waals surface area contributed by atoms with Crippen molar-refractivity contribution in [2.75, 3.05) is 0 Å². The Morgan fingerprint density at radius 2 is 1.87 bits per heavy atom. The first kappa shape index (κ1) is 8.54. The minimum atomic E-state index is 0.403. The molecule has 1 nitrogen and oxygen atoms in total. The Hall–Kier alpha value is -1.76. The van der Waals surface area contributed by atoms with E-state index in [0.29, 0.717) is 5.75 Å². The lowest BCUT2D eigenvalue weighted by Crippen LogP contribution is -1.85. The molecule has 1 heteroatoms. The Labute approximate surface area is 89.0 Å². The van der Waals surface area contributed by atoms with E-state index in [1.165, 1.54) is 22.3 Å². The maximum atomic E-state index is 9.90. The van der Waals surface area contributed by atoms with Gasteiger partial charge in [0.1, 0.15) is 5.75 Å². The third kappa shape index (κ3) is 1.09. The minimum Gasteiger partial charge on any atom is -0.507 e. The molecule has 0 aliphatic heterocycles. The van der Waals surface area contributed by atoms with Crippen LogP contribution in [0.15, 0.2) is 36.4 Å². The number of rotatable bonds is 0. The fraction of sp³-hybridized carbons (Fsp3) is 0.143. The van der Waals surface area contributed by atoms with Crippen molar-refractivity contribution in [3.8, 4) is 16.9 Å². The summed E-state index contributed by atoms with van der Waals surface area (Å²) in [5.74, 6) is 0.403. The molecule has 2 aromatic rings. The molecule has 0 aromatic heterocycles. The zero-order chi connectivity index (χ0) is 10.4. The van der Waals surface area contributed by atoms with E-state index in [9.17, 15) is 5.11 Å². The summed E-state index contributed by atoms with van der Waals surface area (Å²) in [6, 6.07) is 12.1. The second-order valence-electron chi connectivity index (χ2n) is 4.09. The minimum absolute atomic E-state index is 0.403. The Balaban J connectivity index is 2.37. The number of hydrogen-bond donors (Lipinski definition) is 1. The molecule has 0 heterocycles. The van der Waals surface area contributed by atoms with E-state index in [2.05, 4.69) is 25.1 Å². The number of phenolic OH excluding ortho intramolecular Hbond substituents is 1. The molecule has 0 saturated carbocycles. The maximum absolute atomic E-state index is 9.90. The van der Waals surface area contributed by atoms with Gasteiger partial charge in [-0.2, -0.15) is 0 Å². The fourth-order valence-corrected chi connectivity index (χ4v) is 2.38. The van der Waals surface area contributed by atoms with Crippen LogP contribution >= 0.6 is 0 Å². The molecule has 1 N–H and O–H groups in total. The van der Waals surface area contributed by atoms with Crippen LogP contribution in [0.2, 0.25) is 0 Å². The molecule has 3 rings (SSSR count). The van der Waals surface area contributed by atoms with Gasteiger partial charge in [-0.05, 0) is 41.7 Å². The summed E-state index contributed by atoms with van der Waals surface area (Å²) in [6.45, 7) is 2.10. The number of fused-ring (bicyclic) bond motifs is 3. The van der Waals surface area contributed by atoms with Crippen molar-refractivity contribution >= 4 is 0 Å². The highest BCUT2D eigenvalue weighted by Crippen LogP contribution is 2.43. The zero-order valence-electron chi connectivity index (χ0n) is 8.62. The second kappa shape index (κ2) is 2.86. The highest BCUT2D eigenvalue weighted by Gasteiger charge is 2.22. The van der Waals surface area contributed by atoms with Gasteiger partial charge in [-0.3, -0.25) is 0 Å². The first-order chi connectivity index (χ1) is 7.27. The quantitative estimate of drug-likeness (QED) is 0.585. The van der Waals surface area contributed by atoms with Crippen molar-refractivity contribution in [1.29, 1.82) is 0 Å². The molecule has 0 atom stereocenters. The lowest BCUT2D eigenvalue weighted by atomic mass is 10.0. The van der Waals surface area contributed by atoms with Gasteiger partial charge < -0.3 is 5.11 Å². The topological polar surface area (TPSA) is 20.2 Å². The number of aromatic hydroxyl groups is 1. The molecule has 1 aliphatic rings. The zero-order valence-corrected chi connectivity index (χ0v) is 8.62. The Kier molecular flexibility index (Phi) is 1.63. The molecule has 74 valence electrons. The highest BCUT2D eigenvalue weighted by atomic mass is 16.3. The third-order valence-corrected chi connectivity index (χ3v) is 3.18. The van der Waals surface area contributed by atoms with E-state index in [4.69, 9.17) is 0 Å². The molecular weight excluding hydrogens is 184 g/mol. The highest BCUT2D eigenvalue weighted by molar-refractivity contribution is 5.82. The monoisotopic (exact) mass is 196 g/mol. The lowest BCUT2D eigenvalue weighted by Gasteiger charge is -2.06. The van der Waals surface area contributed by atoms with Gasteiger partial charge in [0.2, 0.25) is 0 Å². The van der Waals surface area contributed by atoms with Crippen molar-refractivity contribution in [1.82, 2.24) is 0 Å². The fourth-order valence-electron chi connectivity index (χ4n) is 2.38. The van der Waals surface area contributed by atoms with E-state index >= 15 is 0 Å². The van der Waals surface area contributed by atoms with Gasteiger partial charge in [0.05, 0.1) is 0 Å². The molecule has 1 aliphatic carbocycles. The van der Waals surface area contributed by atoms with Gasteiger partial charge in [0.25, 0.3) is 0 Å². The SMILES string of the molecule is Cc1ccc(O)c2c1Cc1ccccc1-2. The van der Waals surface area contributed by atoms with Crippen LogP contribution in [-0.2, 0) is 6.42 Å². The van der Waals surface area contributed by atoms with Gasteiger partial charge >= 0.3 is 0 Å². The van der Waals surface area contributed by atoms with E-state index < -0.39 is 0 Å². The van der Waals surface area contributed by atoms with Crippen LogP contribution in [0.3, 0.4) is 0 Å². The van der Waals surface area contributed by atoms with Crippen LogP contribution in [0.1, 0.15) is 16.7 Å². The molecule has 2 aromatic carbocycles. The van der Waals surface area contributed by atoms with Crippen molar-refractivity contribution in [2.45, 2.75) is 13.3 Å². The van der Waals surface area contributed by atoms with Crippen molar-refractivity contribution in [2.24, 2.45) is 0 Å². The maximum Gasteiger partial charge on any atom is 0.123 e. The average molecular weight is 196 g/mol. The molecular formula is C14H12O. The first-order valence-corrected chi connectivity index (χ1v) is 5.17.